The third kappa shape index (κ3) is 2.02. The van der Waals surface area contributed by atoms with Crippen LogP contribution >= 0.6 is 0 Å². The van der Waals surface area contributed by atoms with Gasteiger partial charge >= 0.3 is 0 Å². The van der Waals surface area contributed by atoms with Gasteiger partial charge in [-0.25, -0.2) is 0 Å². The lowest BCUT2D eigenvalue weighted by Gasteiger charge is -2.33. The number of rotatable bonds is 3. The molecular weight excluding hydrogens is 164 g/mol. The minimum absolute atomic E-state index is 0.253. The van der Waals surface area contributed by atoms with Crippen molar-refractivity contribution in [2.24, 2.45) is 0 Å². The lowest BCUT2D eigenvalue weighted by atomic mass is 10.4. The highest BCUT2D eigenvalue weighted by Gasteiger charge is 2.25. The van der Waals surface area contributed by atoms with Crippen molar-refractivity contribution in [1.82, 2.24) is 10.0 Å². The smallest absolute Gasteiger partial charge is 0.241 e. The molecule has 0 aromatic carbocycles. The Balaban J connectivity index is 2.71. The fourth-order valence-corrected chi connectivity index (χ4v) is 1.65. The van der Waals surface area contributed by atoms with Gasteiger partial charge in [0.05, 0.1) is 0 Å². The Morgan fingerprint density at radius 2 is 2.38 bits per heavy atom. The first kappa shape index (κ1) is 10.1. The molecule has 1 aliphatic heterocycles. The van der Waals surface area contributed by atoms with E-state index in [1.807, 2.05) is 24.9 Å². The van der Waals surface area contributed by atoms with E-state index in [4.69, 9.17) is 0 Å². The van der Waals surface area contributed by atoms with Crippen LogP contribution in [-0.2, 0) is 4.79 Å². The van der Waals surface area contributed by atoms with Gasteiger partial charge in [-0.3, -0.25) is 14.8 Å². The number of carbonyl (C=O) groups excluding carboxylic acids is 1. The number of hydrogen-bond donors (Lipinski definition) is 0. The van der Waals surface area contributed by atoms with Crippen molar-refractivity contribution in [2.75, 3.05) is 13.1 Å². The van der Waals surface area contributed by atoms with Crippen molar-refractivity contribution in [1.29, 1.82) is 0 Å². The fraction of sp³-hybridized carbons (Fsp3) is 0.700. The second-order valence-electron chi connectivity index (χ2n) is 3.27. The van der Waals surface area contributed by atoms with Gasteiger partial charge in [-0.2, -0.15) is 0 Å². The maximum atomic E-state index is 11.5. The second kappa shape index (κ2) is 4.30. The molecular formula is C10H18N2O. The number of amides is 1. The third-order valence-corrected chi connectivity index (χ3v) is 2.46. The van der Waals surface area contributed by atoms with Gasteiger partial charge < -0.3 is 0 Å². The van der Waals surface area contributed by atoms with Crippen LogP contribution < -0.4 is 0 Å². The average Bonchev–Trinajstić information content (AvgIpc) is 2.53. The lowest BCUT2D eigenvalue weighted by molar-refractivity contribution is -0.139. The zero-order chi connectivity index (χ0) is 9.84. The summed E-state index contributed by atoms with van der Waals surface area (Å²) in [6, 6.07) is 0. The predicted octanol–water partition coefficient (Wildman–Crippen LogP) is 1.77. The van der Waals surface area contributed by atoms with Crippen molar-refractivity contribution in [2.45, 2.75) is 33.6 Å². The van der Waals surface area contributed by atoms with E-state index in [-0.39, 0.29) is 5.91 Å². The molecule has 0 N–H and O–H groups in total. The monoisotopic (exact) mass is 182 g/mol. The standard InChI is InChI=1S/C10H18N2O/c1-4-9(3)11(5-2)12-8-6-7-10(12)13/h4H,5-8H2,1-3H3/b9-4+. The molecule has 74 valence electrons. The first-order valence-corrected chi connectivity index (χ1v) is 4.91. The summed E-state index contributed by atoms with van der Waals surface area (Å²) in [5.41, 5.74) is 1.15. The summed E-state index contributed by atoms with van der Waals surface area (Å²) < 4.78 is 0. The predicted molar refractivity (Wildman–Crippen MR) is 52.8 cm³/mol. The van der Waals surface area contributed by atoms with E-state index >= 15 is 0 Å². The van der Waals surface area contributed by atoms with Gasteiger partial charge in [0.15, 0.2) is 0 Å². The van der Waals surface area contributed by atoms with Crippen LogP contribution in [0.2, 0.25) is 0 Å². The Kier molecular flexibility index (Phi) is 3.34. The summed E-state index contributed by atoms with van der Waals surface area (Å²) in [6.07, 6.45) is 3.73. The molecule has 1 aliphatic rings. The topological polar surface area (TPSA) is 23.6 Å². The van der Waals surface area contributed by atoms with Crippen molar-refractivity contribution in [3.63, 3.8) is 0 Å². The summed E-state index contributed by atoms with van der Waals surface area (Å²) in [6.45, 7) is 7.84. The van der Waals surface area contributed by atoms with Crippen LogP contribution in [0.4, 0.5) is 0 Å². The van der Waals surface area contributed by atoms with Crippen LogP contribution in [0.1, 0.15) is 33.6 Å². The number of nitrogens with zero attached hydrogens (tertiary/aromatic N) is 2. The molecule has 13 heavy (non-hydrogen) atoms. The molecule has 1 heterocycles. The highest BCUT2D eigenvalue weighted by Crippen LogP contribution is 2.16. The van der Waals surface area contributed by atoms with E-state index in [0.29, 0.717) is 6.42 Å². The van der Waals surface area contributed by atoms with E-state index in [2.05, 4.69) is 11.9 Å². The molecule has 0 saturated carbocycles. The molecule has 0 unspecified atom stereocenters. The Labute approximate surface area is 80.0 Å². The zero-order valence-corrected chi connectivity index (χ0v) is 8.71. The lowest BCUT2D eigenvalue weighted by Crippen LogP contribution is -2.41. The number of allylic oxidation sites excluding steroid dienone is 2. The van der Waals surface area contributed by atoms with E-state index in [1.165, 1.54) is 0 Å². The Morgan fingerprint density at radius 3 is 2.77 bits per heavy atom. The molecule has 1 fully saturated rings. The van der Waals surface area contributed by atoms with E-state index in [0.717, 1.165) is 25.2 Å². The molecule has 0 aliphatic carbocycles. The van der Waals surface area contributed by atoms with Crippen LogP contribution in [0, 0.1) is 0 Å². The molecule has 0 aromatic heterocycles. The molecule has 0 aromatic rings. The molecule has 0 spiro atoms. The number of hydrogen-bond acceptors (Lipinski definition) is 2. The van der Waals surface area contributed by atoms with Gasteiger partial charge in [0, 0.05) is 25.2 Å². The summed E-state index contributed by atoms with van der Waals surface area (Å²) in [5, 5.41) is 3.91. The molecule has 1 saturated heterocycles. The molecule has 1 rings (SSSR count). The summed E-state index contributed by atoms with van der Waals surface area (Å²) in [4.78, 5) is 11.5. The Bertz CT molecular complexity index is 223. The van der Waals surface area contributed by atoms with Crippen molar-refractivity contribution < 1.29 is 4.79 Å². The van der Waals surface area contributed by atoms with E-state index in [9.17, 15) is 4.79 Å². The maximum Gasteiger partial charge on any atom is 0.241 e. The van der Waals surface area contributed by atoms with Gasteiger partial charge in [-0.05, 0) is 27.2 Å². The molecule has 1 amide bonds. The van der Waals surface area contributed by atoms with Gasteiger partial charge in [-0.15, -0.1) is 0 Å². The summed E-state index contributed by atoms with van der Waals surface area (Å²) >= 11 is 0. The normalized spacial score (nSPS) is 18.2. The highest BCUT2D eigenvalue weighted by molar-refractivity contribution is 5.77. The van der Waals surface area contributed by atoms with Crippen LogP contribution in [0.5, 0.6) is 0 Å². The van der Waals surface area contributed by atoms with E-state index < -0.39 is 0 Å². The maximum absolute atomic E-state index is 11.5. The second-order valence-corrected chi connectivity index (χ2v) is 3.27. The molecule has 3 heteroatoms. The molecule has 0 atom stereocenters. The number of carbonyl (C=O) groups is 1. The zero-order valence-electron chi connectivity index (χ0n) is 8.71. The highest BCUT2D eigenvalue weighted by atomic mass is 16.2. The molecule has 0 radical (unpaired) electrons. The first-order chi connectivity index (χ1) is 6.20. The minimum atomic E-state index is 0.253. The van der Waals surface area contributed by atoms with Gasteiger partial charge in [0.2, 0.25) is 5.91 Å². The van der Waals surface area contributed by atoms with Crippen molar-refractivity contribution in [3.05, 3.63) is 11.8 Å². The fourth-order valence-electron chi connectivity index (χ4n) is 1.65. The quantitative estimate of drug-likeness (QED) is 0.664. The van der Waals surface area contributed by atoms with E-state index in [1.54, 1.807) is 0 Å². The van der Waals surface area contributed by atoms with Crippen LogP contribution in [0.3, 0.4) is 0 Å². The van der Waals surface area contributed by atoms with Gasteiger partial charge in [0.25, 0.3) is 0 Å². The molecule has 0 bridgehead atoms. The number of hydrazine groups is 1. The van der Waals surface area contributed by atoms with Crippen molar-refractivity contribution >= 4 is 5.91 Å². The third-order valence-electron chi connectivity index (χ3n) is 2.46. The van der Waals surface area contributed by atoms with Crippen molar-refractivity contribution in [3.8, 4) is 0 Å². The van der Waals surface area contributed by atoms with Crippen LogP contribution in [0.15, 0.2) is 11.8 Å². The average molecular weight is 182 g/mol. The van der Waals surface area contributed by atoms with Gasteiger partial charge in [-0.1, -0.05) is 6.08 Å². The van der Waals surface area contributed by atoms with Crippen LogP contribution in [0.25, 0.3) is 0 Å². The Morgan fingerprint density at radius 1 is 1.69 bits per heavy atom. The van der Waals surface area contributed by atoms with Crippen LogP contribution in [-0.4, -0.2) is 29.0 Å². The Hall–Kier alpha value is -0.990. The minimum Gasteiger partial charge on any atom is -0.288 e. The molecule has 3 nitrogen and oxygen atoms in total. The summed E-state index contributed by atoms with van der Waals surface area (Å²) in [5.74, 6) is 0.253. The first-order valence-electron chi connectivity index (χ1n) is 4.91. The SMILES string of the molecule is C/C=C(\C)N(CC)N1CCCC1=O. The largest absolute Gasteiger partial charge is 0.288 e. The summed E-state index contributed by atoms with van der Waals surface area (Å²) in [7, 11) is 0. The van der Waals surface area contributed by atoms with Gasteiger partial charge in [0.1, 0.15) is 0 Å².